The van der Waals surface area contributed by atoms with E-state index in [1.807, 2.05) is 6.07 Å². The van der Waals surface area contributed by atoms with E-state index in [1.165, 1.54) is 24.3 Å². The molecule has 0 aliphatic heterocycles. The molecule has 0 unspecified atom stereocenters. The molecule has 1 amide bonds. The summed E-state index contributed by atoms with van der Waals surface area (Å²) >= 11 is 5.80. The molecule has 122 valence electrons. The molecule has 0 atom stereocenters. The molecule has 0 fully saturated rings. The molecule has 0 heterocycles. The maximum atomic E-state index is 11.8. The third-order valence-electron chi connectivity index (χ3n) is 2.91. The summed E-state index contributed by atoms with van der Waals surface area (Å²) in [5.41, 5.74) is 0.204. The monoisotopic (exact) mass is 346 g/mol. The van der Waals surface area contributed by atoms with Crippen molar-refractivity contribution in [3.8, 4) is 17.6 Å². The maximum absolute atomic E-state index is 11.8. The van der Waals surface area contributed by atoms with Gasteiger partial charge in [0.2, 0.25) is 0 Å². The number of nitrogens with zero attached hydrogens (tertiary/aromatic N) is 1. The number of phenolic OH excluding ortho intramolecular Hbond substituents is 2. The number of anilines is 1. The number of amides is 1. The van der Waals surface area contributed by atoms with Crippen LogP contribution in [-0.2, 0) is 9.53 Å². The van der Waals surface area contributed by atoms with Crippen molar-refractivity contribution in [3.05, 3.63) is 52.5 Å². The first-order valence-corrected chi connectivity index (χ1v) is 6.97. The van der Waals surface area contributed by atoms with Gasteiger partial charge >= 0.3 is 5.97 Å². The number of nitriles is 1. The summed E-state index contributed by atoms with van der Waals surface area (Å²) in [4.78, 5) is 23.6. The molecule has 2 rings (SSSR count). The number of esters is 1. The smallest absolute Gasteiger partial charge is 0.342 e. The zero-order valence-electron chi connectivity index (χ0n) is 12.1. The number of benzene rings is 2. The van der Waals surface area contributed by atoms with Crippen LogP contribution in [0.3, 0.4) is 0 Å². The Labute approximate surface area is 141 Å². The topological polar surface area (TPSA) is 120 Å². The molecule has 2 aromatic rings. The van der Waals surface area contributed by atoms with E-state index < -0.39 is 24.2 Å². The van der Waals surface area contributed by atoms with Crippen LogP contribution in [0.4, 0.5) is 5.69 Å². The molecule has 0 spiro atoms. The summed E-state index contributed by atoms with van der Waals surface area (Å²) in [5, 5.41) is 30.4. The molecule has 0 saturated heterocycles. The summed E-state index contributed by atoms with van der Waals surface area (Å²) in [6, 6.07) is 9.57. The molecule has 0 bridgehead atoms. The minimum atomic E-state index is -0.936. The molecule has 24 heavy (non-hydrogen) atoms. The van der Waals surface area contributed by atoms with Crippen molar-refractivity contribution in [2.24, 2.45) is 0 Å². The van der Waals surface area contributed by atoms with Crippen LogP contribution in [0, 0.1) is 11.3 Å². The summed E-state index contributed by atoms with van der Waals surface area (Å²) in [6.45, 7) is -0.628. The Bertz CT molecular complexity index is 845. The molecule has 8 heteroatoms. The first-order chi connectivity index (χ1) is 11.4. The summed E-state index contributed by atoms with van der Waals surface area (Å²) in [6.07, 6.45) is 0. The van der Waals surface area contributed by atoms with Crippen LogP contribution in [0.1, 0.15) is 15.9 Å². The molecule has 0 aliphatic rings. The highest BCUT2D eigenvalue weighted by atomic mass is 35.5. The zero-order valence-corrected chi connectivity index (χ0v) is 12.9. The fourth-order valence-corrected chi connectivity index (χ4v) is 1.98. The van der Waals surface area contributed by atoms with Gasteiger partial charge in [-0.2, -0.15) is 5.26 Å². The van der Waals surface area contributed by atoms with Gasteiger partial charge in [-0.15, -0.1) is 0 Å². The average molecular weight is 347 g/mol. The molecule has 0 saturated carbocycles. The Hall–Kier alpha value is -3.24. The predicted octanol–water partition coefficient (Wildman–Crippen LogP) is 2.42. The molecule has 0 aromatic heterocycles. The van der Waals surface area contributed by atoms with E-state index in [1.54, 1.807) is 0 Å². The highest BCUT2D eigenvalue weighted by Crippen LogP contribution is 2.23. The molecule has 0 radical (unpaired) electrons. The first-order valence-electron chi connectivity index (χ1n) is 6.59. The number of hydrogen-bond acceptors (Lipinski definition) is 6. The van der Waals surface area contributed by atoms with E-state index in [0.29, 0.717) is 5.02 Å². The number of nitrogens with one attached hydrogen (secondary N) is 1. The number of carbonyl (C=O) groups is 2. The van der Waals surface area contributed by atoms with Gasteiger partial charge in [0.25, 0.3) is 5.91 Å². The Morgan fingerprint density at radius 1 is 1.21 bits per heavy atom. The van der Waals surface area contributed by atoms with Gasteiger partial charge in [0.05, 0.1) is 11.3 Å². The largest absolute Gasteiger partial charge is 0.508 e. The van der Waals surface area contributed by atoms with Crippen molar-refractivity contribution >= 4 is 29.2 Å². The van der Waals surface area contributed by atoms with Gasteiger partial charge in [-0.1, -0.05) is 11.6 Å². The predicted molar refractivity (Wildman–Crippen MR) is 84.9 cm³/mol. The number of hydrogen-bond donors (Lipinski definition) is 3. The summed E-state index contributed by atoms with van der Waals surface area (Å²) in [7, 11) is 0. The third-order valence-corrected chi connectivity index (χ3v) is 3.15. The lowest BCUT2D eigenvalue weighted by Gasteiger charge is -2.09. The van der Waals surface area contributed by atoms with E-state index >= 15 is 0 Å². The van der Waals surface area contributed by atoms with Crippen molar-refractivity contribution in [2.45, 2.75) is 0 Å². The van der Waals surface area contributed by atoms with E-state index in [0.717, 1.165) is 12.1 Å². The number of rotatable bonds is 4. The zero-order chi connectivity index (χ0) is 17.7. The number of ether oxygens (including phenoxy) is 1. The van der Waals surface area contributed by atoms with Crippen molar-refractivity contribution in [1.29, 1.82) is 5.26 Å². The normalized spacial score (nSPS) is 9.83. The fraction of sp³-hybridized carbons (Fsp3) is 0.0625. The Morgan fingerprint density at radius 3 is 2.62 bits per heavy atom. The standard InChI is InChI=1S/C16H11ClN2O5/c17-10-2-1-9(7-18)13(5-10)19-15(22)8-24-16(23)12-4-3-11(20)6-14(12)21/h1-6,20-21H,8H2,(H,19,22). The van der Waals surface area contributed by atoms with E-state index in [9.17, 15) is 14.7 Å². The van der Waals surface area contributed by atoms with Gasteiger partial charge in [-0.25, -0.2) is 4.79 Å². The van der Waals surface area contributed by atoms with Gasteiger partial charge in [-0.05, 0) is 30.3 Å². The van der Waals surface area contributed by atoms with Crippen LogP contribution < -0.4 is 5.32 Å². The lowest BCUT2D eigenvalue weighted by molar-refractivity contribution is -0.119. The van der Waals surface area contributed by atoms with Gasteiger partial charge in [0.15, 0.2) is 6.61 Å². The SMILES string of the molecule is N#Cc1ccc(Cl)cc1NC(=O)COC(=O)c1ccc(O)cc1O. The lowest BCUT2D eigenvalue weighted by atomic mass is 10.2. The molecular weight excluding hydrogens is 336 g/mol. The number of phenols is 2. The van der Waals surface area contributed by atoms with Crippen LogP contribution in [0.2, 0.25) is 5.02 Å². The van der Waals surface area contributed by atoms with Crippen LogP contribution in [0.25, 0.3) is 0 Å². The van der Waals surface area contributed by atoms with Crippen molar-refractivity contribution < 1.29 is 24.5 Å². The maximum Gasteiger partial charge on any atom is 0.342 e. The number of carbonyl (C=O) groups excluding carboxylic acids is 2. The van der Waals surface area contributed by atoms with Crippen molar-refractivity contribution in [3.63, 3.8) is 0 Å². The van der Waals surface area contributed by atoms with Crippen molar-refractivity contribution in [2.75, 3.05) is 11.9 Å². The van der Waals surface area contributed by atoms with Gasteiger partial charge in [0, 0.05) is 11.1 Å². The summed E-state index contributed by atoms with van der Waals surface area (Å²) in [5.74, 6) is -2.30. The molecular formula is C16H11ClN2O5. The second-order valence-electron chi connectivity index (χ2n) is 4.63. The Kier molecular flexibility index (Phi) is 5.24. The average Bonchev–Trinajstić information content (AvgIpc) is 2.53. The Morgan fingerprint density at radius 2 is 1.96 bits per heavy atom. The minimum absolute atomic E-state index is 0.193. The van der Waals surface area contributed by atoms with Crippen molar-refractivity contribution in [1.82, 2.24) is 0 Å². The third kappa shape index (κ3) is 4.15. The van der Waals surface area contributed by atoms with E-state index in [-0.39, 0.29) is 22.6 Å². The minimum Gasteiger partial charge on any atom is -0.508 e. The van der Waals surface area contributed by atoms with Gasteiger partial charge in [0.1, 0.15) is 23.1 Å². The van der Waals surface area contributed by atoms with E-state index in [4.69, 9.17) is 26.7 Å². The molecule has 0 aliphatic carbocycles. The van der Waals surface area contributed by atoms with Crippen LogP contribution >= 0.6 is 11.6 Å². The van der Waals surface area contributed by atoms with E-state index in [2.05, 4.69) is 5.32 Å². The second kappa shape index (κ2) is 7.35. The van der Waals surface area contributed by atoms with Crippen LogP contribution in [0.5, 0.6) is 11.5 Å². The first kappa shape index (κ1) is 17.1. The van der Waals surface area contributed by atoms with Gasteiger partial charge in [-0.3, -0.25) is 4.79 Å². The Balaban J connectivity index is 2.00. The number of aromatic hydroxyl groups is 2. The van der Waals surface area contributed by atoms with Crippen LogP contribution in [0.15, 0.2) is 36.4 Å². The fourth-order valence-electron chi connectivity index (χ4n) is 1.81. The van der Waals surface area contributed by atoms with Gasteiger partial charge < -0.3 is 20.3 Å². The number of halogens is 1. The van der Waals surface area contributed by atoms with Crippen LogP contribution in [-0.4, -0.2) is 28.7 Å². The molecule has 7 nitrogen and oxygen atoms in total. The summed E-state index contributed by atoms with van der Waals surface area (Å²) < 4.78 is 4.78. The molecule has 2 aromatic carbocycles. The quantitative estimate of drug-likeness (QED) is 0.731. The molecule has 3 N–H and O–H groups in total. The second-order valence-corrected chi connectivity index (χ2v) is 5.06. The highest BCUT2D eigenvalue weighted by molar-refractivity contribution is 6.31. The lowest BCUT2D eigenvalue weighted by Crippen LogP contribution is -2.21. The highest BCUT2D eigenvalue weighted by Gasteiger charge is 2.15.